The molecule has 0 aromatic carbocycles. The van der Waals surface area contributed by atoms with Crippen molar-refractivity contribution in [1.82, 2.24) is 4.98 Å². The zero-order valence-electron chi connectivity index (χ0n) is 8.91. The second-order valence-electron chi connectivity index (χ2n) is 4.60. The first-order chi connectivity index (χ1) is 4.83. The van der Waals surface area contributed by atoms with Crippen molar-refractivity contribution in [2.45, 2.75) is 58.8 Å². The lowest BCUT2D eigenvalue weighted by atomic mass is 10.0. The van der Waals surface area contributed by atoms with E-state index in [0.717, 1.165) is 0 Å². The molecule has 0 fully saturated rings. The van der Waals surface area contributed by atoms with Gasteiger partial charge >= 0.3 is 0 Å². The topological polar surface area (TPSA) is 12.0 Å². The maximum absolute atomic E-state index is 3.77. The lowest BCUT2D eigenvalue weighted by Crippen LogP contribution is -2.54. The van der Waals surface area contributed by atoms with Gasteiger partial charge in [-0.05, 0) is 26.3 Å². The third-order valence-corrected chi connectivity index (χ3v) is 5.57. The van der Waals surface area contributed by atoms with Crippen LogP contribution in [0, 0.1) is 0 Å². The fraction of sp³-hybridized carbons (Fsp3) is 1.00. The van der Waals surface area contributed by atoms with Crippen LogP contribution in [0.2, 0.25) is 19.1 Å². The number of hydrogen-bond acceptors (Lipinski definition) is 1. The van der Waals surface area contributed by atoms with E-state index in [4.69, 9.17) is 0 Å². The maximum atomic E-state index is 3.77. The Morgan fingerprint density at radius 3 is 1.91 bits per heavy atom. The molecule has 0 unspecified atom stereocenters. The van der Waals surface area contributed by atoms with Gasteiger partial charge in [0.1, 0.15) is 8.24 Å². The first-order valence-electron chi connectivity index (χ1n) is 4.62. The molecule has 0 rings (SSSR count). The third kappa shape index (κ3) is 4.59. The Hall–Kier alpha value is 0.177. The summed E-state index contributed by atoms with van der Waals surface area (Å²) in [6, 6.07) is 1.32. The maximum Gasteiger partial charge on any atom is 0.119 e. The highest BCUT2D eigenvalue weighted by atomic mass is 28.3. The Kier molecular flexibility index (Phi) is 3.78. The van der Waals surface area contributed by atoms with Crippen LogP contribution in [0.25, 0.3) is 0 Å². The summed E-state index contributed by atoms with van der Waals surface area (Å²) in [7, 11) is -1.08. The number of nitrogens with one attached hydrogen (secondary N) is 1. The number of hydrogen-bond donors (Lipinski definition) is 1. The molecule has 0 aromatic rings. The molecule has 2 heteroatoms. The molecular weight excluding hydrogens is 150 g/mol. The molecule has 11 heavy (non-hydrogen) atoms. The lowest BCUT2D eigenvalue weighted by Gasteiger charge is -2.34. The summed E-state index contributed by atoms with van der Waals surface area (Å²) in [4.78, 5) is 3.77. The van der Waals surface area contributed by atoms with Crippen LogP contribution in [0.3, 0.4) is 0 Å². The molecule has 0 aliphatic carbocycles. The van der Waals surface area contributed by atoms with E-state index >= 15 is 0 Å². The van der Waals surface area contributed by atoms with E-state index in [1.807, 2.05) is 0 Å². The van der Waals surface area contributed by atoms with E-state index in [1.54, 1.807) is 0 Å². The Bertz CT molecular complexity index is 105. The van der Waals surface area contributed by atoms with Crippen LogP contribution < -0.4 is 4.98 Å². The summed E-state index contributed by atoms with van der Waals surface area (Å²) in [5, 5.41) is 0. The molecular formula is C9H23NSi. The second-order valence-corrected chi connectivity index (χ2v) is 9.32. The van der Waals surface area contributed by atoms with Gasteiger partial charge in [-0.2, -0.15) is 0 Å². The van der Waals surface area contributed by atoms with Crippen LogP contribution in [0.4, 0.5) is 0 Å². The van der Waals surface area contributed by atoms with E-state index in [-0.39, 0.29) is 0 Å². The van der Waals surface area contributed by atoms with Crippen molar-refractivity contribution in [1.29, 1.82) is 0 Å². The summed E-state index contributed by atoms with van der Waals surface area (Å²) in [5.41, 5.74) is 0.339. The SMILES string of the molecule is CCC(C)(C)N[Si](C)(C)CC. The highest BCUT2D eigenvalue weighted by Crippen LogP contribution is 2.14. The van der Waals surface area contributed by atoms with Crippen LogP contribution in [0.1, 0.15) is 34.1 Å². The average molecular weight is 173 g/mol. The van der Waals surface area contributed by atoms with Crippen molar-refractivity contribution < 1.29 is 0 Å². The first kappa shape index (κ1) is 11.2. The van der Waals surface area contributed by atoms with Gasteiger partial charge in [0, 0.05) is 5.54 Å². The predicted molar refractivity (Wildman–Crippen MR) is 55.5 cm³/mol. The van der Waals surface area contributed by atoms with Crippen molar-refractivity contribution in [3.05, 3.63) is 0 Å². The summed E-state index contributed by atoms with van der Waals surface area (Å²) in [5.74, 6) is 0. The Balaban J connectivity index is 4.02. The van der Waals surface area contributed by atoms with Crippen LogP contribution >= 0.6 is 0 Å². The van der Waals surface area contributed by atoms with E-state index in [0.29, 0.717) is 5.54 Å². The highest BCUT2D eigenvalue weighted by Gasteiger charge is 2.25. The molecule has 0 aliphatic rings. The van der Waals surface area contributed by atoms with Crippen LogP contribution in [-0.2, 0) is 0 Å². The monoisotopic (exact) mass is 173 g/mol. The normalized spacial score (nSPS) is 13.6. The molecule has 0 saturated carbocycles. The molecule has 0 spiro atoms. The Morgan fingerprint density at radius 1 is 1.18 bits per heavy atom. The molecule has 0 radical (unpaired) electrons. The van der Waals surface area contributed by atoms with Crippen molar-refractivity contribution in [3.8, 4) is 0 Å². The lowest BCUT2D eigenvalue weighted by molar-refractivity contribution is 0.445. The summed E-state index contributed by atoms with van der Waals surface area (Å²) in [6.07, 6.45) is 1.21. The van der Waals surface area contributed by atoms with Crippen LogP contribution in [0.15, 0.2) is 0 Å². The minimum atomic E-state index is -1.08. The highest BCUT2D eigenvalue weighted by molar-refractivity contribution is 6.75. The summed E-state index contributed by atoms with van der Waals surface area (Å²) < 4.78 is 0. The van der Waals surface area contributed by atoms with Gasteiger partial charge in [-0.1, -0.05) is 26.9 Å². The largest absolute Gasteiger partial charge is 0.332 e. The van der Waals surface area contributed by atoms with E-state index in [1.165, 1.54) is 12.5 Å². The van der Waals surface area contributed by atoms with E-state index < -0.39 is 8.24 Å². The van der Waals surface area contributed by atoms with E-state index in [2.05, 4.69) is 45.8 Å². The minimum absolute atomic E-state index is 0.339. The fourth-order valence-corrected chi connectivity index (χ4v) is 3.28. The van der Waals surface area contributed by atoms with Gasteiger partial charge in [-0.25, -0.2) is 0 Å². The van der Waals surface area contributed by atoms with Crippen molar-refractivity contribution in [2.75, 3.05) is 0 Å². The zero-order valence-corrected chi connectivity index (χ0v) is 9.91. The summed E-state index contributed by atoms with van der Waals surface area (Å²) in [6.45, 7) is 13.9. The van der Waals surface area contributed by atoms with Crippen molar-refractivity contribution in [3.63, 3.8) is 0 Å². The van der Waals surface area contributed by atoms with Gasteiger partial charge in [0.2, 0.25) is 0 Å². The molecule has 0 atom stereocenters. The van der Waals surface area contributed by atoms with Crippen molar-refractivity contribution in [2.24, 2.45) is 0 Å². The van der Waals surface area contributed by atoms with Gasteiger partial charge < -0.3 is 4.98 Å². The average Bonchev–Trinajstić information content (AvgIpc) is 1.86. The fourth-order valence-electron chi connectivity index (χ4n) is 1.09. The van der Waals surface area contributed by atoms with Crippen LogP contribution in [-0.4, -0.2) is 13.8 Å². The molecule has 1 N–H and O–H groups in total. The minimum Gasteiger partial charge on any atom is -0.332 e. The van der Waals surface area contributed by atoms with Crippen LogP contribution in [0.5, 0.6) is 0 Å². The summed E-state index contributed by atoms with van der Waals surface area (Å²) >= 11 is 0. The standard InChI is InChI=1S/C9H23NSi/c1-7-9(3,4)10-11(5,6)8-2/h10H,7-8H2,1-6H3. The molecule has 0 aromatic heterocycles. The van der Waals surface area contributed by atoms with Gasteiger partial charge in [-0.15, -0.1) is 0 Å². The zero-order chi connectivity index (χ0) is 9.12. The molecule has 0 amide bonds. The van der Waals surface area contributed by atoms with Gasteiger partial charge in [-0.3, -0.25) is 0 Å². The Labute approximate surface area is 72.7 Å². The Morgan fingerprint density at radius 2 is 1.64 bits per heavy atom. The molecule has 68 valence electrons. The van der Waals surface area contributed by atoms with Gasteiger partial charge in [0.15, 0.2) is 0 Å². The number of rotatable bonds is 4. The molecule has 0 saturated heterocycles. The first-order valence-corrected chi connectivity index (χ1v) is 7.83. The molecule has 0 bridgehead atoms. The third-order valence-electron chi connectivity index (χ3n) is 2.44. The second kappa shape index (κ2) is 3.72. The van der Waals surface area contributed by atoms with Gasteiger partial charge in [0.05, 0.1) is 0 Å². The smallest absolute Gasteiger partial charge is 0.119 e. The molecule has 0 heterocycles. The predicted octanol–water partition coefficient (Wildman–Crippen LogP) is 2.99. The molecule has 1 nitrogen and oxygen atoms in total. The quantitative estimate of drug-likeness (QED) is 0.645. The van der Waals surface area contributed by atoms with Crippen molar-refractivity contribution >= 4 is 8.24 Å². The van der Waals surface area contributed by atoms with Gasteiger partial charge in [0.25, 0.3) is 0 Å². The van der Waals surface area contributed by atoms with E-state index in [9.17, 15) is 0 Å². The molecule has 0 aliphatic heterocycles.